The molecular formula is C20H14ClN3O2S. The first-order valence-electron chi connectivity index (χ1n) is 8.16. The molecule has 0 aliphatic carbocycles. The van der Waals surface area contributed by atoms with Crippen molar-refractivity contribution in [3.8, 4) is 11.6 Å². The van der Waals surface area contributed by atoms with Gasteiger partial charge in [-0.15, -0.1) is 0 Å². The minimum Gasteiger partial charge on any atom is -0.494 e. The van der Waals surface area contributed by atoms with Crippen LogP contribution in [0, 0.1) is 4.77 Å². The highest BCUT2D eigenvalue weighted by Gasteiger charge is 2.20. The first kappa shape index (κ1) is 17.5. The lowest BCUT2D eigenvalue weighted by Crippen LogP contribution is -2.16. The predicted molar refractivity (Wildman–Crippen MR) is 111 cm³/mol. The Kier molecular flexibility index (Phi) is 4.30. The van der Waals surface area contributed by atoms with Crippen molar-refractivity contribution in [2.75, 3.05) is 0 Å². The van der Waals surface area contributed by atoms with E-state index in [1.165, 1.54) is 4.57 Å². The van der Waals surface area contributed by atoms with E-state index >= 15 is 0 Å². The maximum absolute atomic E-state index is 12.5. The standard InChI is InChI=1S/C20H14ClN3O2S/c1-11-15(14-4-2-3-5-17(14)22-11)10-16-18(25)23-20(27)24(19(16)26)13-8-6-12(21)7-9-13/h2-10,26H,1H3,(H,23,25,27). The Hall–Kier alpha value is -2.96. The molecule has 1 aliphatic rings. The summed E-state index contributed by atoms with van der Waals surface area (Å²) in [7, 11) is 0. The Bertz CT molecular complexity index is 1240. The van der Waals surface area contributed by atoms with E-state index in [1.807, 2.05) is 31.2 Å². The molecule has 1 aliphatic heterocycles. The average Bonchev–Trinajstić information content (AvgIpc) is 2.95. The zero-order valence-electron chi connectivity index (χ0n) is 14.2. The fraction of sp³-hybridized carbons (Fsp3) is 0.0500. The molecule has 1 aromatic heterocycles. The van der Waals surface area contributed by atoms with Gasteiger partial charge in [0.05, 0.1) is 11.4 Å². The van der Waals surface area contributed by atoms with Gasteiger partial charge < -0.3 is 5.11 Å². The molecule has 0 fully saturated rings. The number of nitrogens with zero attached hydrogens (tertiary/aromatic N) is 2. The maximum atomic E-state index is 12.5. The number of rotatable bonds is 2. The Morgan fingerprint density at radius 1 is 1.19 bits per heavy atom. The largest absolute Gasteiger partial charge is 0.494 e. The smallest absolute Gasteiger partial charge is 0.262 e. The second kappa shape index (κ2) is 6.64. The zero-order valence-corrected chi connectivity index (χ0v) is 15.8. The molecule has 0 unspecified atom stereocenters. The first-order valence-corrected chi connectivity index (χ1v) is 8.95. The van der Waals surface area contributed by atoms with E-state index in [9.17, 15) is 9.90 Å². The van der Waals surface area contributed by atoms with Crippen molar-refractivity contribution in [1.29, 1.82) is 0 Å². The molecule has 2 aromatic carbocycles. The fourth-order valence-electron chi connectivity index (χ4n) is 3.06. The molecule has 27 heavy (non-hydrogen) atoms. The number of aromatic hydroxyl groups is 1. The summed E-state index contributed by atoms with van der Waals surface area (Å²) in [4.78, 5) is 19.6. The van der Waals surface area contributed by atoms with E-state index in [1.54, 1.807) is 30.3 Å². The third-order valence-electron chi connectivity index (χ3n) is 4.37. The summed E-state index contributed by atoms with van der Waals surface area (Å²) in [6, 6.07) is 14.5. The number of aromatic amines is 1. The van der Waals surface area contributed by atoms with Crippen LogP contribution in [0.3, 0.4) is 0 Å². The van der Waals surface area contributed by atoms with Gasteiger partial charge in [-0.3, -0.25) is 19.3 Å². The predicted octanol–water partition coefficient (Wildman–Crippen LogP) is 4.90. The summed E-state index contributed by atoms with van der Waals surface area (Å²) in [5, 5.41) is 11.4. The number of hydrogen-bond donors (Lipinski definition) is 2. The highest BCUT2D eigenvalue weighted by atomic mass is 35.5. The second-order valence-corrected chi connectivity index (χ2v) is 6.90. The van der Waals surface area contributed by atoms with Crippen LogP contribution in [0.1, 0.15) is 18.1 Å². The SMILES string of the molecule is CC1=Nc2ccccc2C1=Cc1c(O)n(-c2ccc(Cl)cc2)c(=S)[nH]c1=O. The third kappa shape index (κ3) is 3.03. The van der Waals surface area contributed by atoms with Crippen molar-refractivity contribution >= 4 is 46.9 Å². The van der Waals surface area contributed by atoms with Crippen LogP contribution in [0.25, 0.3) is 17.3 Å². The van der Waals surface area contributed by atoms with Crippen molar-refractivity contribution in [2.24, 2.45) is 4.99 Å². The molecule has 0 saturated heterocycles. The lowest BCUT2D eigenvalue weighted by atomic mass is 10.0. The third-order valence-corrected chi connectivity index (χ3v) is 4.90. The van der Waals surface area contributed by atoms with Crippen LogP contribution in [0.15, 0.2) is 58.3 Å². The monoisotopic (exact) mass is 395 g/mol. The zero-order chi connectivity index (χ0) is 19.1. The molecule has 4 rings (SSSR count). The molecule has 3 aromatic rings. The number of nitrogens with one attached hydrogen (secondary N) is 1. The van der Waals surface area contributed by atoms with Gasteiger partial charge in [-0.25, -0.2) is 0 Å². The molecule has 134 valence electrons. The molecule has 5 nitrogen and oxygen atoms in total. The van der Waals surface area contributed by atoms with E-state index in [2.05, 4.69) is 9.98 Å². The number of allylic oxidation sites excluding steroid dienone is 1. The number of aromatic nitrogens is 2. The molecule has 2 N–H and O–H groups in total. The highest BCUT2D eigenvalue weighted by Crippen LogP contribution is 2.36. The van der Waals surface area contributed by atoms with Crippen molar-refractivity contribution in [3.05, 3.63) is 79.8 Å². The summed E-state index contributed by atoms with van der Waals surface area (Å²) in [5.41, 5.74) is 3.54. The van der Waals surface area contributed by atoms with E-state index in [4.69, 9.17) is 23.8 Å². The van der Waals surface area contributed by atoms with Crippen LogP contribution >= 0.6 is 23.8 Å². The van der Waals surface area contributed by atoms with Gasteiger partial charge in [0.25, 0.3) is 5.56 Å². The molecule has 0 atom stereocenters. The topological polar surface area (TPSA) is 70.4 Å². The number of aliphatic imine (C=N–C) groups is 1. The first-order chi connectivity index (χ1) is 13.0. The van der Waals surface area contributed by atoms with E-state index in [0.717, 1.165) is 22.5 Å². The average molecular weight is 396 g/mol. The van der Waals surface area contributed by atoms with Gasteiger partial charge in [0.15, 0.2) is 4.77 Å². The molecule has 0 saturated carbocycles. The number of benzene rings is 2. The fourth-order valence-corrected chi connectivity index (χ4v) is 3.47. The minimum atomic E-state index is -0.465. The molecule has 2 heterocycles. The van der Waals surface area contributed by atoms with Crippen molar-refractivity contribution < 1.29 is 5.11 Å². The Morgan fingerprint density at radius 3 is 2.63 bits per heavy atom. The van der Waals surface area contributed by atoms with Crippen LogP contribution in [0.2, 0.25) is 5.02 Å². The number of H-pyrrole nitrogens is 1. The van der Waals surface area contributed by atoms with Crippen molar-refractivity contribution in [1.82, 2.24) is 9.55 Å². The van der Waals surface area contributed by atoms with Gasteiger partial charge in [0, 0.05) is 21.9 Å². The highest BCUT2D eigenvalue weighted by molar-refractivity contribution is 7.71. The molecule has 0 radical (unpaired) electrons. The van der Waals surface area contributed by atoms with E-state index in [-0.39, 0.29) is 16.2 Å². The van der Waals surface area contributed by atoms with Crippen LogP contribution in [-0.2, 0) is 0 Å². The van der Waals surface area contributed by atoms with Gasteiger partial charge in [0.2, 0.25) is 5.88 Å². The summed E-state index contributed by atoms with van der Waals surface area (Å²) in [6.45, 7) is 1.87. The van der Waals surface area contributed by atoms with E-state index < -0.39 is 5.56 Å². The molecule has 0 amide bonds. The number of para-hydroxylation sites is 1. The van der Waals surface area contributed by atoms with Gasteiger partial charge in [-0.05, 0) is 55.5 Å². The van der Waals surface area contributed by atoms with E-state index in [0.29, 0.717) is 10.7 Å². The quantitative estimate of drug-likeness (QED) is 0.606. The Balaban J connectivity index is 1.94. The Labute approximate surface area is 164 Å². The molecule has 0 spiro atoms. The second-order valence-electron chi connectivity index (χ2n) is 6.08. The molecule has 0 bridgehead atoms. The van der Waals surface area contributed by atoms with Crippen molar-refractivity contribution in [3.63, 3.8) is 0 Å². The number of fused-ring (bicyclic) bond motifs is 1. The summed E-state index contributed by atoms with van der Waals surface area (Å²) in [5.74, 6) is -0.240. The minimum absolute atomic E-state index is 0.0965. The van der Waals surface area contributed by atoms with Crippen LogP contribution in [0.4, 0.5) is 5.69 Å². The molecular weight excluding hydrogens is 382 g/mol. The lowest BCUT2D eigenvalue weighted by Gasteiger charge is -2.12. The maximum Gasteiger partial charge on any atom is 0.262 e. The van der Waals surface area contributed by atoms with Gasteiger partial charge in [-0.2, -0.15) is 0 Å². The van der Waals surface area contributed by atoms with Crippen molar-refractivity contribution in [2.45, 2.75) is 6.92 Å². The summed E-state index contributed by atoms with van der Waals surface area (Å²) in [6.07, 6.45) is 1.64. The number of hydrogen-bond acceptors (Lipinski definition) is 4. The normalized spacial score (nSPS) is 14.3. The van der Waals surface area contributed by atoms with Gasteiger partial charge >= 0.3 is 0 Å². The van der Waals surface area contributed by atoms with Crippen LogP contribution in [0.5, 0.6) is 5.88 Å². The van der Waals surface area contributed by atoms with Crippen LogP contribution < -0.4 is 5.56 Å². The molecule has 7 heteroatoms. The summed E-state index contributed by atoms with van der Waals surface area (Å²) < 4.78 is 1.49. The lowest BCUT2D eigenvalue weighted by molar-refractivity contribution is 0.432. The van der Waals surface area contributed by atoms with Crippen LogP contribution in [-0.4, -0.2) is 20.4 Å². The van der Waals surface area contributed by atoms with Gasteiger partial charge in [0.1, 0.15) is 5.56 Å². The Morgan fingerprint density at radius 2 is 1.89 bits per heavy atom. The number of halogens is 1. The summed E-state index contributed by atoms with van der Waals surface area (Å²) >= 11 is 11.2. The van der Waals surface area contributed by atoms with Gasteiger partial charge in [-0.1, -0.05) is 29.8 Å².